The molecule has 0 spiro atoms. The molecule has 28 heavy (non-hydrogen) atoms. The Kier molecular flexibility index (Phi) is 7.61. The van der Waals surface area contributed by atoms with Gasteiger partial charge in [0.25, 0.3) is 5.56 Å². The van der Waals surface area contributed by atoms with E-state index in [1.165, 1.54) is 6.92 Å². The number of hydrogen-bond donors (Lipinski definition) is 1. The number of rotatable bonds is 9. The maximum absolute atomic E-state index is 12.7. The Morgan fingerprint density at radius 3 is 2.61 bits per heavy atom. The summed E-state index contributed by atoms with van der Waals surface area (Å²) in [6, 6.07) is 8.29. The lowest BCUT2D eigenvalue weighted by molar-refractivity contribution is 0.0916. The van der Waals surface area contributed by atoms with E-state index in [1.54, 1.807) is 24.3 Å². The van der Waals surface area contributed by atoms with Crippen LogP contribution in [-0.4, -0.2) is 35.3 Å². The molecule has 0 saturated carbocycles. The summed E-state index contributed by atoms with van der Waals surface area (Å²) in [5, 5.41) is 20.4. The van der Waals surface area contributed by atoms with E-state index < -0.39 is 17.2 Å². The lowest BCUT2D eigenvalue weighted by atomic mass is 10.0. The van der Waals surface area contributed by atoms with Gasteiger partial charge in [0.1, 0.15) is 17.4 Å². The molecule has 0 saturated heterocycles. The average Bonchev–Trinajstić information content (AvgIpc) is 2.67. The molecule has 0 radical (unpaired) electrons. The third-order valence-electron chi connectivity index (χ3n) is 4.14. The number of ketones is 1. The third-order valence-corrected chi connectivity index (χ3v) is 4.39. The number of pyridine rings is 1. The molecule has 0 bridgehead atoms. The predicted octanol–water partition coefficient (Wildman–Crippen LogP) is 3.08. The zero-order chi connectivity index (χ0) is 20.7. The first-order valence-corrected chi connectivity index (χ1v) is 9.14. The molecule has 1 N–H and O–H groups in total. The van der Waals surface area contributed by atoms with Crippen molar-refractivity contribution in [2.45, 2.75) is 26.8 Å². The second-order valence-corrected chi connectivity index (χ2v) is 6.42. The zero-order valence-corrected chi connectivity index (χ0v) is 16.5. The highest BCUT2D eigenvalue weighted by atomic mass is 35.5. The topological polar surface area (TPSA) is 102 Å². The zero-order valence-electron chi connectivity index (χ0n) is 15.7. The maximum atomic E-state index is 12.7. The number of carbonyl (C=O) groups excluding carboxylic acids is 1. The van der Waals surface area contributed by atoms with E-state index >= 15 is 0 Å². The third kappa shape index (κ3) is 4.91. The van der Waals surface area contributed by atoms with Gasteiger partial charge in [0.2, 0.25) is 11.7 Å². The van der Waals surface area contributed by atoms with Crippen molar-refractivity contribution >= 4 is 17.4 Å². The van der Waals surface area contributed by atoms with Gasteiger partial charge in [-0.1, -0.05) is 11.6 Å². The van der Waals surface area contributed by atoms with Gasteiger partial charge in [-0.25, -0.2) is 0 Å². The van der Waals surface area contributed by atoms with E-state index in [1.807, 2.05) is 13.0 Å². The summed E-state index contributed by atoms with van der Waals surface area (Å²) < 4.78 is 11.7. The molecule has 0 aliphatic rings. The van der Waals surface area contributed by atoms with Gasteiger partial charge in [-0.05, 0) is 50.1 Å². The van der Waals surface area contributed by atoms with Crippen LogP contribution < -0.4 is 10.3 Å². The minimum Gasteiger partial charge on any atom is -0.494 e. The molecule has 0 aliphatic carbocycles. The second kappa shape index (κ2) is 9.93. The summed E-state index contributed by atoms with van der Waals surface area (Å²) in [7, 11) is 0. The van der Waals surface area contributed by atoms with Gasteiger partial charge in [-0.3, -0.25) is 14.2 Å². The normalized spacial score (nSPS) is 10.5. The molecule has 1 aromatic carbocycles. The van der Waals surface area contributed by atoms with Gasteiger partial charge in [-0.2, -0.15) is 5.26 Å². The van der Waals surface area contributed by atoms with Crippen molar-refractivity contribution in [1.82, 2.24) is 4.57 Å². The monoisotopic (exact) mass is 404 g/mol. The van der Waals surface area contributed by atoms with E-state index in [0.29, 0.717) is 30.4 Å². The van der Waals surface area contributed by atoms with Crippen LogP contribution in [0.25, 0.3) is 0 Å². The summed E-state index contributed by atoms with van der Waals surface area (Å²) in [5.41, 5.74) is -0.773. The van der Waals surface area contributed by atoms with Gasteiger partial charge < -0.3 is 14.6 Å². The molecular formula is C20H21ClN2O5. The van der Waals surface area contributed by atoms with Crippen molar-refractivity contribution in [2.75, 3.05) is 19.8 Å². The van der Waals surface area contributed by atoms with Crippen molar-refractivity contribution in [1.29, 1.82) is 5.26 Å². The summed E-state index contributed by atoms with van der Waals surface area (Å²) in [5.74, 6) is -0.580. The number of nitriles is 1. The number of halogens is 1. The summed E-state index contributed by atoms with van der Waals surface area (Å²) in [6.07, 6.45) is 0.449. The van der Waals surface area contributed by atoms with Crippen LogP contribution in [0.3, 0.4) is 0 Å². The fourth-order valence-corrected chi connectivity index (χ4v) is 2.84. The Balaban J connectivity index is 2.30. The molecule has 1 heterocycles. The average molecular weight is 405 g/mol. The number of aromatic hydroxyl groups is 1. The van der Waals surface area contributed by atoms with Crippen LogP contribution in [0.2, 0.25) is 5.02 Å². The molecular weight excluding hydrogens is 384 g/mol. The molecule has 0 amide bonds. The van der Waals surface area contributed by atoms with Crippen LogP contribution in [-0.2, 0) is 11.3 Å². The summed E-state index contributed by atoms with van der Waals surface area (Å²) >= 11 is 5.81. The van der Waals surface area contributed by atoms with E-state index in [0.717, 1.165) is 4.57 Å². The van der Waals surface area contributed by atoms with Gasteiger partial charge in [0, 0.05) is 24.8 Å². The van der Waals surface area contributed by atoms with Crippen molar-refractivity contribution in [3.8, 4) is 17.7 Å². The molecule has 8 heteroatoms. The first-order valence-electron chi connectivity index (χ1n) is 8.76. The van der Waals surface area contributed by atoms with Crippen molar-refractivity contribution in [2.24, 2.45) is 0 Å². The number of hydrogen-bond acceptors (Lipinski definition) is 6. The highest BCUT2D eigenvalue weighted by Crippen LogP contribution is 2.23. The Bertz CT molecular complexity index is 945. The quantitative estimate of drug-likeness (QED) is 0.509. The standard InChI is InChI=1S/C20H21ClN2O5/c1-3-27-10-4-9-23-19(25)16(11-22)13(2)18(20(23)26)17(24)12-28-15-7-5-14(21)6-8-15/h5-8,26H,3-4,9-10,12H2,1-2H3. The fourth-order valence-electron chi connectivity index (χ4n) is 2.71. The molecule has 1 aromatic heterocycles. The number of nitrogens with zero attached hydrogens (tertiary/aromatic N) is 2. The molecule has 7 nitrogen and oxygen atoms in total. The number of carbonyl (C=O) groups is 1. The Morgan fingerprint density at radius 1 is 1.32 bits per heavy atom. The van der Waals surface area contributed by atoms with Crippen molar-refractivity contribution < 1.29 is 19.4 Å². The van der Waals surface area contributed by atoms with E-state index in [-0.39, 0.29) is 29.8 Å². The predicted molar refractivity (Wildman–Crippen MR) is 104 cm³/mol. The van der Waals surface area contributed by atoms with Crippen LogP contribution in [0.15, 0.2) is 29.1 Å². The smallest absolute Gasteiger partial charge is 0.271 e. The molecule has 0 aliphatic heterocycles. The SMILES string of the molecule is CCOCCCn1c(O)c(C(=O)COc2ccc(Cl)cc2)c(C)c(C#N)c1=O. The van der Waals surface area contributed by atoms with E-state index in [4.69, 9.17) is 21.1 Å². The maximum Gasteiger partial charge on any atom is 0.271 e. The lowest BCUT2D eigenvalue weighted by Gasteiger charge is -2.15. The number of benzene rings is 1. The molecule has 148 valence electrons. The first kappa shape index (κ1) is 21.5. The first-order chi connectivity index (χ1) is 13.4. The van der Waals surface area contributed by atoms with Crippen molar-refractivity contribution in [3.05, 3.63) is 56.3 Å². The van der Waals surface area contributed by atoms with E-state index in [9.17, 15) is 20.0 Å². The summed E-state index contributed by atoms with van der Waals surface area (Å²) in [6.45, 7) is 3.99. The van der Waals surface area contributed by atoms with Crippen LogP contribution in [0.4, 0.5) is 0 Å². The number of Topliss-reactive ketones (excluding diaryl/α,β-unsaturated/α-hetero) is 1. The highest BCUT2D eigenvalue weighted by molar-refractivity contribution is 6.30. The van der Waals surface area contributed by atoms with Crippen LogP contribution in [0.5, 0.6) is 11.6 Å². The largest absolute Gasteiger partial charge is 0.494 e. The van der Waals surface area contributed by atoms with Crippen LogP contribution in [0, 0.1) is 18.3 Å². The Hall–Kier alpha value is -2.82. The lowest BCUT2D eigenvalue weighted by Crippen LogP contribution is -2.28. The molecule has 2 rings (SSSR count). The van der Waals surface area contributed by atoms with Gasteiger partial charge in [0.15, 0.2) is 6.61 Å². The van der Waals surface area contributed by atoms with Gasteiger partial charge in [-0.15, -0.1) is 0 Å². The highest BCUT2D eigenvalue weighted by Gasteiger charge is 2.24. The number of aromatic nitrogens is 1. The summed E-state index contributed by atoms with van der Waals surface area (Å²) in [4.78, 5) is 25.2. The van der Waals surface area contributed by atoms with Crippen LogP contribution >= 0.6 is 11.6 Å². The minimum absolute atomic E-state index is 0.0958. The van der Waals surface area contributed by atoms with Crippen LogP contribution in [0.1, 0.15) is 34.8 Å². The molecule has 2 aromatic rings. The molecule has 0 fully saturated rings. The molecule has 0 unspecified atom stereocenters. The minimum atomic E-state index is -0.635. The Labute approximate surface area is 167 Å². The Morgan fingerprint density at radius 2 is 2.00 bits per heavy atom. The van der Waals surface area contributed by atoms with Gasteiger partial charge >= 0.3 is 0 Å². The van der Waals surface area contributed by atoms with E-state index in [2.05, 4.69) is 0 Å². The second-order valence-electron chi connectivity index (χ2n) is 5.98. The van der Waals surface area contributed by atoms with Gasteiger partial charge in [0.05, 0.1) is 5.56 Å². The molecule has 0 atom stereocenters. The number of ether oxygens (including phenoxy) is 2. The fraction of sp³-hybridized carbons (Fsp3) is 0.350. The van der Waals surface area contributed by atoms with Crippen molar-refractivity contribution in [3.63, 3.8) is 0 Å².